The van der Waals surface area contributed by atoms with Crippen molar-refractivity contribution in [2.75, 3.05) is 6.61 Å². The Morgan fingerprint density at radius 1 is 0.857 bits per heavy atom. The van der Waals surface area contributed by atoms with Crippen molar-refractivity contribution >= 4 is 20.3 Å². The maximum atomic E-state index is 12.2. The van der Waals surface area contributed by atoms with E-state index in [4.69, 9.17) is 9.16 Å². The predicted molar refractivity (Wildman–Crippen MR) is 87.6 cm³/mol. The molecule has 21 heavy (non-hydrogen) atoms. The predicted octanol–water partition coefficient (Wildman–Crippen LogP) is 4.44. The summed E-state index contributed by atoms with van der Waals surface area (Å²) < 4.78 is 10.9. The van der Waals surface area contributed by atoms with Gasteiger partial charge in [-0.05, 0) is 30.0 Å². The molecule has 0 amide bonds. The van der Waals surface area contributed by atoms with Gasteiger partial charge in [0.05, 0.1) is 6.61 Å². The van der Waals surface area contributed by atoms with Gasteiger partial charge in [-0.2, -0.15) is 0 Å². The quantitative estimate of drug-likeness (QED) is 0.466. The number of carbonyl (C=O) groups is 2. The van der Waals surface area contributed by atoms with Crippen LogP contribution in [0.1, 0.15) is 67.7 Å². The molecule has 0 atom stereocenters. The minimum absolute atomic E-state index is 0.165. The third-order valence-electron chi connectivity index (χ3n) is 4.06. The zero-order valence-corrected chi connectivity index (χ0v) is 15.7. The first kappa shape index (κ1) is 20.2. The summed E-state index contributed by atoms with van der Waals surface area (Å²) in [7, 11) is -2.15. The summed E-state index contributed by atoms with van der Waals surface area (Å²) in [6.45, 7) is 15.1. The van der Waals surface area contributed by atoms with E-state index < -0.39 is 8.32 Å². The topological polar surface area (TPSA) is 52.6 Å². The molecular weight excluding hydrogens is 284 g/mol. The van der Waals surface area contributed by atoms with Crippen LogP contribution in [0.3, 0.4) is 0 Å². The van der Waals surface area contributed by atoms with E-state index >= 15 is 0 Å². The van der Waals surface area contributed by atoms with Crippen LogP contribution < -0.4 is 0 Å². The number of hydrogen-bond acceptors (Lipinski definition) is 4. The second-order valence-corrected chi connectivity index (χ2v) is 11.8. The van der Waals surface area contributed by atoms with Crippen molar-refractivity contribution in [1.82, 2.24) is 0 Å². The number of rotatable bonds is 9. The Labute approximate surface area is 130 Å². The van der Waals surface area contributed by atoms with Crippen molar-refractivity contribution in [1.29, 1.82) is 0 Å². The molecule has 0 aromatic heterocycles. The van der Waals surface area contributed by atoms with E-state index in [2.05, 4.69) is 41.5 Å². The molecule has 0 aliphatic carbocycles. The fraction of sp³-hybridized carbons (Fsp3) is 0.875. The lowest BCUT2D eigenvalue weighted by molar-refractivity contribution is -0.143. The number of ether oxygens (including phenoxy) is 1. The van der Waals surface area contributed by atoms with Crippen LogP contribution in [-0.2, 0) is 18.8 Å². The molecule has 0 rings (SSSR count). The Morgan fingerprint density at radius 2 is 1.29 bits per heavy atom. The highest BCUT2D eigenvalue weighted by Gasteiger charge is 2.47. The first-order chi connectivity index (χ1) is 9.68. The molecule has 0 radical (unpaired) electrons. The summed E-state index contributed by atoms with van der Waals surface area (Å²) in [6, 6.07) is 0. The van der Waals surface area contributed by atoms with E-state index in [0.717, 1.165) is 0 Å². The molecule has 4 nitrogen and oxygen atoms in total. The van der Waals surface area contributed by atoms with E-state index in [9.17, 15) is 9.59 Å². The smallest absolute Gasteiger partial charge is 0.305 e. The average Bonchev–Trinajstić information content (AvgIpc) is 2.34. The minimum atomic E-state index is -2.15. The molecule has 124 valence electrons. The van der Waals surface area contributed by atoms with Gasteiger partial charge in [0.1, 0.15) is 0 Å². The maximum Gasteiger partial charge on any atom is 0.305 e. The zero-order chi connectivity index (χ0) is 16.6. The molecule has 0 saturated carbocycles. The van der Waals surface area contributed by atoms with Crippen molar-refractivity contribution in [3.8, 4) is 0 Å². The Bertz CT molecular complexity index is 315. The van der Waals surface area contributed by atoms with Gasteiger partial charge in [-0.3, -0.25) is 9.59 Å². The summed E-state index contributed by atoms with van der Waals surface area (Å²) in [6.07, 6.45) is 1.07. The second-order valence-electron chi connectivity index (χ2n) is 6.45. The molecule has 5 heteroatoms. The van der Waals surface area contributed by atoms with Crippen LogP contribution in [0, 0.1) is 0 Å². The van der Waals surface area contributed by atoms with Crippen LogP contribution in [0.15, 0.2) is 0 Å². The molecule has 0 aromatic rings. The Morgan fingerprint density at radius 3 is 1.67 bits per heavy atom. The van der Waals surface area contributed by atoms with Crippen LogP contribution in [0.25, 0.3) is 0 Å². The lowest BCUT2D eigenvalue weighted by Crippen LogP contribution is -2.49. The number of carbonyl (C=O) groups excluding carboxylic acids is 2. The average molecular weight is 317 g/mol. The van der Waals surface area contributed by atoms with Gasteiger partial charge in [0.15, 0.2) is 0 Å². The third kappa shape index (κ3) is 5.81. The van der Waals surface area contributed by atoms with Crippen LogP contribution in [0.2, 0.25) is 16.6 Å². The lowest BCUT2D eigenvalue weighted by atomic mass is 10.2. The molecule has 0 fully saturated rings. The fourth-order valence-corrected chi connectivity index (χ4v) is 8.42. The van der Waals surface area contributed by atoms with Crippen molar-refractivity contribution in [3.63, 3.8) is 0 Å². The van der Waals surface area contributed by atoms with Gasteiger partial charge in [0, 0.05) is 12.8 Å². The molecule has 0 spiro atoms. The van der Waals surface area contributed by atoms with Crippen LogP contribution in [-0.4, -0.2) is 26.9 Å². The molecule has 0 aromatic carbocycles. The normalized spacial score (nSPS) is 12.1. The van der Waals surface area contributed by atoms with E-state index in [1.807, 2.05) is 0 Å². The largest absolute Gasteiger partial charge is 0.518 e. The van der Waals surface area contributed by atoms with Gasteiger partial charge in [0.25, 0.3) is 14.3 Å². The number of hydrogen-bond donors (Lipinski definition) is 0. The highest BCUT2D eigenvalue weighted by molar-refractivity contribution is 6.78. The van der Waals surface area contributed by atoms with Crippen LogP contribution in [0.4, 0.5) is 0 Å². The molecule has 0 unspecified atom stereocenters. The monoisotopic (exact) mass is 316 g/mol. The zero-order valence-electron chi connectivity index (χ0n) is 14.7. The molecule has 0 N–H and O–H groups in total. The Kier molecular flexibility index (Phi) is 8.86. The summed E-state index contributed by atoms with van der Waals surface area (Å²) in [5.74, 6) is -0.410. The maximum absolute atomic E-state index is 12.2. The van der Waals surface area contributed by atoms with Crippen molar-refractivity contribution in [3.05, 3.63) is 0 Å². The SMILES string of the molecule is CCOC(=O)CCCC(=O)O[Si](C(C)C)(C(C)C)C(C)C. The summed E-state index contributed by atoms with van der Waals surface area (Å²) >= 11 is 0. The lowest BCUT2D eigenvalue weighted by Gasteiger charge is -2.41. The van der Waals surface area contributed by atoms with E-state index in [-0.39, 0.29) is 18.4 Å². The van der Waals surface area contributed by atoms with E-state index in [1.54, 1.807) is 6.92 Å². The molecule has 0 aliphatic rings. The van der Waals surface area contributed by atoms with E-state index in [0.29, 0.717) is 36.1 Å². The van der Waals surface area contributed by atoms with Crippen molar-refractivity contribution < 1.29 is 18.8 Å². The summed E-state index contributed by atoms with van der Waals surface area (Å²) in [5.41, 5.74) is 1.14. The first-order valence-electron chi connectivity index (χ1n) is 8.05. The van der Waals surface area contributed by atoms with Crippen molar-refractivity contribution in [2.24, 2.45) is 0 Å². The van der Waals surface area contributed by atoms with Gasteiger partial charge in [-0.15, -0.1) is 0 Å². The highest BCUT2D eigenvalue weighted by atomic mass is 28.4. The summed E-state index contributed by atoms with van der Waals surface area (Å²) in [4.78, 5) is 23.4. The van der Waals surface area contributed by atoms with Crippen molar-refractivity contribution in [2.45, 2.75) is 84.4 Å². The fourth-order valence-electron chi connectivity index (χ4n) is 3.21. The first-order valence-corrected chi connectivity index (χ1v) is 10.2. The molecule has 0 saturated heterocycles. The highest BCUT2D eigenvalue weighted by Crippen LogP contribution is 2.42. The Balaban J connectivity index is 4.59. The molecule has 0 heterocycles. The number of esters is 1. The molecule has 0 aliphatic heterocycles. The molecule has 0 bridgehead atoms. The standard InChI is InChI=1S/C16H32O4Si/c1-8-19-15(17)10-9-11-16(18)20-21(12(2)3,13(4)5)14(6)7/h12-14H,8-11H2,1-7H3. The minimum Gasteiger partial charge on any atom is -0.518 e. The summed E-state index contributed by atoms with van der Waals surface area (Å²) in [5, 5.41) is 0. The third-order valence-corrected chi connectivity index (χ3v) is 10.1. The van der Waals surface area contributed by atoms with E-state index in [1.165, 1.54) is 0 Å². The van der Waals surface area contributed by atoms with Gasteiger partial charge in [-0.25, -0.2) is 0 Å². The second kappa shape index (κ2) is 9.23. The molecular formula is C16H32O4Si. The van der Waals surface area contributed by atoms with Crippen LogP contribution in [0.5, 0.6) is 0 Å². The van der Waals surface area contributed by atoms with Crippen LogP contribution >= 0.6 is 0 Å². The van der Waals surface area contributed by atoms with Gasteiger partial charge >= 0.3 is 5.97 Å². The van der Waals surface area contributed by atoms with Gasteiger partial charge in [0.2, 0.25) is 0 Å². The van der Waals surface area contributed by atoms with Gasteiger partial charge in [-0.1, -0.05) is 41.5 Å². The Hall–Kier alpha value is -0.843. The van der Waals surface area contributed by atoms with Gasteiger partial charge < -0.3 is 9.16 Å².